The lowest BCUT2D eigenvalue weighted by molar-refractivity contribution is 0.244. The second kappa shape index (κ2) is 6.89. The maximum absolute atomic E-state index is 5.58. The van der Waals surface area contributed by atoms with Gasteiger partial charge in [0.05, 0.1) is 23.9 Å². The molecule has 0 N–H and O–H groups in total. The van der Waals surface area contributed by atoms with Gasteiger partial charge in [-0.2, -0.15) is 0 Å². The summed E-state index contributed by atoms with van der Waals surface area (Å²) < 4.78 is 5.58. The molecular formula is C16H24N4OS. The minimum atomic E-state index is 0.731. The maximum Gasteiger partial charge on any atom is 0.208 e. The van der Waals surface area contributed by atoms with E-state index >= 15 is 0 Å². The van der Waals surface area contributed by atoms with Crippen LogP contribution in [0.15, 0.2) is 16.1 Å². The largest absolute Gasteiger partial charge is 0.445 e. The van der Waals surface area contributed by atoms with E-state index in [1.807, 2.05) is 12.4 Å². The first-order valence-corrected chi connectivity index (χ1v) is 8.69. The van der Waals surface area contributed by atoms with Crippen molar-refractivity contribution in [3.05, 3.63) is 33.9 Å². The van der Waals surface area contributed by atoms with Crippen LogP contribution in [0.4, 0.5) is 0 Å². The number of aromatic nitrogens is 2. The fraction of sp³-hybridized carbons (Fsp3) is 0.625. The Hall–Kier alpha value is -1.24. The summed E-state index contributed by atoms with van der Waals surface area (Å²) in [5, 5.41) is 0. The van der Waals surface area contributed by atoms with E-state index < -0.39 is 0 Å². The number of hydrogen-bond donors (Lipinski definition) is 0. The average Bonchev–Trinajstić information content (AvgIpc) is 3.16. The molecule has 3 heterocycles. The molecule has 1 aliphatic heterocycles. The van der Waals surface area contributed by atoms with Crippen LogP contribution in [0.2, 0.25) is 0 Å². The summed E-state index contributed by atoms with van der Waals surface area (Å²) in [6, 6.07) is 0. The Bertz CT molecular complexity index is 609. The van der Waals surface area contributed by atoms with Gasteiger partial charge in [-0.3, -0.25) is 4.90 Å². The van der Waals surface area contributed by atoms with Gasteiger partial charge in [0.15, 0.2) is 0 Å². The fourth-order valence-corrected chi connectivity index (χ4v) is 3.96. The predicted molar refractivity (Wildman–Crippen MR) is 87.8 cm³/mol. The monoisotopic (exact) mass is 320 g/mol. The number of nitrogens with zero attached hydrogens (tertiary/aromatic N) is 4. The molecule has 0 aromatic carbocycles. The minimum absolute atomic E-state index is 0.731. The van der Waals surface area contributed by atoms with Crippen molar-refractivity contribution < 1.29 is 4.42 Å². The molecule has 1 fully saturated rings. The van der Waals surface area contributed by atoms with E-state index in [4.69, 9.17) is 4.42 Å². The van der Waals surface area contributed by atoms with Crippen molar-refractivity contribution in [1.29, 1.82) is 0 Å². The summed E-state index contributed by atoms with van der Waals surface area (Å²) in [4.78, 5) is 14.9. The fourth-order valence-electron chi connectivity index (χ4n) is 3.10. The summed E-state index contributed by atoms with van der Waals surface area (Å²) in [6.45, 7) is 9.29. The summed E-state index contributed by atoms with van der Waals surface area (Å²) in [7, 11) is 2.21. The molecule has 1 atom stereocenters. The first kappa shape index (κ1) is 15.6. The normalized spacial score (nSPS) is 19.4. The van der Waals surface area contributed by atoms with Gasteiger partial charge in [0.2, 0.25) is 5.89 Å². The Morgan fingerprint density at radius 3 is 2.95 bits per heavy atom. The topological polar surface area (TPSA) is 45.4 Å². The first-order chi connectivity index (χ1) is 10.6. The van der Waals surface area contributed by atoms with Crippen molar-refractivity contribution >= 4 is 11.3 Å². The van der Waals surface area contributed by atoms with Crippen LogP contribution < -0.4 is 0 Å². The standard InChI is InChI=1S/C16H24N4OS/c1-12-6-17-16(21-12)10-20-5-4-14(8-20)7-19(3)9-15-13(2)18-11-22-15/h6,11,14H,4-5,7-10H2,1-3H3/t14-/m1/s1. The van der Waals surface area contributed by atoms with Crippen LogP contribution in [0, 0.1) is 19.8 Å². The van der Waals surface area contributed by atoms with E-state index in [-0.39, 0.29) is 0 Å². The zero-order chi connectivity index (χ0) is 15.5. The van der Waals surface area contributed by atoms with Crippen molar-refractivity contribution in [2.24, 2.45) is 5.92 Å². The highest BCUT2D eigenvalue weighted by atomic mass is 32.1. The molecule has 0 radical (unpaired) electrons. The van der Waals surface area contributed by atoms with Gasteiger partial charge in [-0.1, -0.05) is 0 Å². The Balaban J connectivity index is 1.45. The van der Waals surface area contributed by atoms with Crippen molar-refractivity contribution in [2.45, 2.75) is 33.4 Å². The average molecular weight is 320 g/mol. The Morgan fingerprint density at radius 1 is 1.41 bits per heavy atom. The summed E-state index contributed by atoms with van der Waals surface area (Å²) in [5.74, 6) is 2.46. The minimum Gasteiger partial charge on any atom is -0.445 e. The molecule has 0 aliphatic carbocycles. The molecule has 0 unspecified atom stereocenters. The van der Waals surface area contributed by atoms with Crippen molar-refractivity contribution in [1.82, 2.24) is 19.8 Å². The molecule has 3 rings (SSSR count). The summed E-state index contributed by atoms with van der Waals surface area (Å²) >= 11 is 1.76. The Labute approximate surface area is 136 Å². The quantitative estimate of drug-likeness (QED) is 0.819. The second-order valence-corrected chi connectivity index (χ2v) is 7.25. The molecule has 1 saturated heterocycles. The van der Waals surface area contributed by atoms with E-state index in [1.54, 1.807) is 17.5 Å². The van der Waals surface area contributed by atoms with E-state index in [0.717, 1.165) is 50.3 Å². The zero-order valence-electron chi connectivity index (χ0n) is 13.6. The third-order valence-electron chi connectivity index (χ3n) is 4.23. The number of aryl methyl sites for hydroxylation is 2. The highest BCUT2D eigenvalue weighted by molar-refractivity contribution is 7.09. The molecule has 2 aromatic heterocycles. The van der Waals surface area contributed by atoms with Gasteiger partial charge in [-0.05, 0) is 39.8 Å². The lowest BCUT2D eigenvalue weighted by Gasteiger charge is -2.21. The Morgan fingerprint density at radius 2 is 2.27 bits per heavy atom. The van der Waals surface area contributed by atoms with Gasteiger partial charge in [0.25, 0.3) is 0 Å². The number of oxazole rings is 1. The highest BCUT2D eigenvalue weighted by Crippen LogP contribution is 2.21. The number of thiazole rings is 1. The number of likely N-dealkylation sites (tertiary alicyclic amines) is 1. The van der Waals surface area contributed by atoms with Crippen LogP contribution >= 0.6 is 11.3 Å². The summed E-state index contributed by atoms with van der Waals surface area (Å²) in [5.41, 5.74) is 3.11. The molecule has 22 heavy (non-hydrogen) atoms. The molecule has 0 saturated carbocycles. The number of rotatable bonds is 6. The zero-order valence-corrected chi connectivity index (χ0v) is 14.4. The SMILES string of the molecule is Cc1cnc(CN2CC[C@H](CN(C)Cc3scnc3C)C2)o1. The molecule has 2 aromatic rings. The summed E-state index contributed by atoms with van der Waals surface area (Å²) in [6.07, 6.45) is 3.06. The third kappa shape index (κ3) is 3.94. The lowest BCUT2D eigenvalue weighted by Crippen LogP contribution is -2.28. The van der Waals surface area contributed by atoms with Crippen molar-refractivity contribution in [2.75, 3.05) is 26.7 Å². The van der Waals surface area contributed by atoms with Crippen molar-refractivity contribution in [3.63, 3.8) is 0 Å². The molecule has 0 spiro atoms. The van der Waals surface area contributed by atoms with E-state index in [1.165, 1.54) is 17.0 Å². The molecule has 5 nitrogen and oxygen atoms in total. The molecular weight excluding hydrogens is 296 g/mol. The second-order valence-electron chi connectivity index (χ2n) is 6.31. The van der Waals surface area contributed by atoms with Crippen LogP contribution in [0.5, 0.6) is 0 Å². The smallest absolute Gasteiger partial charge is 0.208 e. The van der Waals surface area contributed by atoms with Crippen LogP contribution in [0.3, 0.4) is 0 Å². The molecule has 1 aliphatic rings. The maximum atomic E-state index is 5.58. The predicted octanol–water partition coefficient (Wildman–Crippen LogP) is 2.70. The molecule has 6 heteroatoms. The van der Waals surface area contributed by atoms with Crippen LogP contribution in [0.1, 0.15) is 28.6 Å². The van der Waals surface area contributed by atoms with E-state index in [2.05, 4.69) is 33.7 Å². The molecule has 120 valence electrons. The van der Waals surface area contributed by atoms with Gasteiger partial charge >= 0.3 is 0 Å². The molecule has 0 bridgehead atoms. The Kier molecular flexibility index (Phi) is 4.90. The number of hydrogen-bond acceptors (Lipinski definition) is 6. The van der Waals surface area contributed by atoms with Crippen molar-refractivity contribution in [3.8, 4) is 0 Å². The third-order valence-corrected chi connectivity index (χ3v) is 5.15. The van der Waals surface area contributed by atoms with Crippen LogP contribution in [-0.2, 0) is 13.1 Å². The van der Waals surface area contributed by atoms with Crippen LogP contribution in [0.25, 0.3) is 0 Å². The van der Waals surface area contributed by atoms with Gasteiger partial charge in [0, 0.05) is 24.5 Å². The highest BCUT2D eigenvalue weighted by Gasteiger charge is 2.24. The van der Waals surface area contributed by atoms with Gasteiger partial charge in [-0.25, -0.2) is 9.97 Å². The van der Waals surface area contributed by atoms with Gasteiger partial charge < -0.3 is 9.32 Å². The lowest BCUT2D eigenvalue weighted by atomic mass is 10.1. The van der Waals surface area contributed by atoms with Crippen LogP contribution in [-0.4, -0.2) is 46.4 Å². The van der Waals surface area contributed by atoms with E-state index in [0.29, 0.717) is 0 Å². The van der Waals surface area contributed by atoms with Gasteiger partial charge in [-0.15, -0.1) is 11.3 Å². The van der Waals surface area contributed by atoms with Gasteiger partial charge in [0.1, 0.15) is 5.76 Å². The van der Waals surface area contributed by atoms with E-state index in [9.17, 15) is 0 Å². The molecule has 0 amide bonds. The first-order valence-electron chi connectivity index (χ1n) is 7.81.